The molecule has 138 valence electrons. The van der Waals surface area contributed by atoms with Crippen molar-refractivity contribution in [3.05, 3.63) is 95.6 Å². The van der Waals surface area contributed by atoms with Crippen molar-refractivity contribution in [2.75, 3.05) is 4.31 Å². The number of carbonyl (C=O) groups excluding carboxylic acids is 1. The molecule has 3 rings (SSSR count). The van der Waals surface area contributed by atoms with E-state index in [0.29, 0.717) is 5.69 Å². The van der Waals surface area contributed by atoms with Crippen molar-refractivity contribution < 1.29 is 13.2 Å². The van der Waals surface area contributed by atoms with E-state index in [1.807, 2.05) is 44.2 Å². The largest absolute Gasteiger partial charge is 0.273 e. The summed E-state index contributed by atoms with van der Waals surface area (Å²) < 4.78 is 27.4. The maximum absolute atomic E-state index is 13.3. The maximum atomic E-state index is 13.3. The normalized spacial score (nSPS) is 11.2. The van der Waals surface area contributed by atoms with Crippen LogP contribution < -0.4 is 4.31 Å². The van der Waals surface area contributed by atoms with Crippen molar-refractivity contribution in [3.63, 3.8) is 0 Å². The molecule has 0 radical (unpaired) electrons. The fraction of sp³-hybridized carbons (Fsp3) is 0.136. The molecule has 1 amide bonds. The van der Waals surface area contributed by atoms with Gasteiger partial charge in [-0.1, -0.05) is 65.7 Å². The molecule has 0 unspecified atom stereocenters. The topological polar surface area (TPSA) is 54.5 Å². The van der Waals surface area contributed by atoms with Crippen LogP contribution in [0.25, 0.3) is 0 Å². The van der Waals surface area contributed by atoms with Gasteiger partial charge in [0.15, 0.2) is 0 Å². The standard InChI is InChI=1S/C22H21NO3S/c1-17-8-12-20(13-9-17)23(22(24)16-19-6-4-3-5-7-19)27(25,26)21-14-10-18(2)11-15-21/h3-15H,16H2,1-2H3. The summed E-state index contributed by atoms with van der Waals surface area (Å²) in [6, 6.07) is 22.5. The van der Waals surface area contributed by atoms with Crippen molar-refractivity contribution in [2.24, 2.45) is 0 Å². The molecular formula is C22H21NO3S. The zero-order valence-electron chi connectivity index (χ0n) is 15.3. The second-order valence-corrected chi connectivity index (χ2v) is 8.26. The zero-order valence-corrected chi connectivity index (χ0v) is 16.1. The van der Waals surface area contributed by atoms with E-state index in [0.717, 1.165) is 21.0 Å². The molecule has 0 aliphatic carbocycles. The van der Waals surface area contributed by atoms with Crippen LogP contribution in [0.15, 0.2) is 83.8 Å². The fourth-order valence-electron chi connectivity index (χ4n) is 2.75. The van der Waals surface area contributed by atoms with Gasteiger partial charge in [-0.3, -0.25) is 4.79 Å². The zero-order chi connectivity index (χ0) is 19.4. The molecule has 0 aromatic heterocycles. The monoisotopic (exact) mass is 379 g/mol. The van der Waals surface area contributed by atoms with Crippen LogP contribution in [0.5, 0.6) is 0 Å². The van der Waals surface area contributed by atoms with E-state index in [-0.39, 0.29) is 11.3 Å². The minimum absolute atomic E-state index is 0.000191. The number of carbonyl (C=O) groups is 1. The van der Waals surface area contributed by atoms with Gasteiger partial charge in [0.1, 0.15) is 0 Å². The Morgan fingerprint density at radius 2 is 1.30 bits per heavy atom. The maximum Gasteiger partial charge on any atom is 0.270 e. The third kappa shape index (κ3) is 4.26. The number of anilines is 1. The smallest absolute Gasteiger partial charge is 0.270 e. The van der Waals surface area contributed by atoms with E-state index in [1.165, 1.54) is 12.1 Å². The molecule has 4 nitrogen and oxygen atoms in total. The Morgan fingerprint density at radius 3 is 1.85 bits per heavy atom. The van der Waals surface area contributed by atoms with Gasteiger partial charge in [-0.2, -0.15) is 0 Å². The van der Waals surface area contributed by atoms with Crippen molar-refractivity contribution >= 4 is 21.6 Å². The molecule has 0 aliphatic rings. The first-order valence-electron chi connectivity index (χ1n) is 8.63. The van der Waals surface area contributed by atoms with Gasteiger partial charge in [-0.05, 0) is 43.7 Å². The lowest BCUT2D eigenvalue weighted by molar-refractivity contribution is -0.116. The molecule has 0 atom stereocenters. The van der Waals surface area contributed by atoms with Gasteiger partial charge in [0, 0.05) is 0 Å². The van der Waals surface area contributed by atoms with Crippen LogP contribution in [0.3, 0.4) is 0 Å². The Labute approximate surface area is 160 Å². The molecule has 27 heavy (non-hydrogen) atoms. The van der Waals surface area contributed by atoms with Crippen LogP contribution in [0.2, 0.25) is 0 Å². The van der Waals surface area contributed by atoms with E-state index < -0.39 is 15.9 Å². The van der Waals surface area contributed by atoms with Crippen molar-refractivity contribution in [3.8, 4) is 0 Å². The highest BCUT2D eigenvalue weighted by Crippen LogP contribution is 2.25. The SMILES string of the molecule is Cc1ccc(N(C(=O)Cc2ccccc2)S(=O)(=O)c2ccc(C)cc2)cc1. The van der Waals surface area contributed by atoms with Gasteiger partial charge in [0.2, 0.25) is 5.91 Å². The van der Waals surface area contributed by atoms with Crippen LogP contribution in [0.1, 0.15) is 16.7 Å². The number of aryl methyl sites for hydroxylation is 2. The predicted octanol–water partition coefficient (Wildman–Crippen LogP) is 4.27. The van der Waals surface area contributed by atoms with Crippen molar-refractivity contribution in [2.45, 2.75) is 25.2 Å². The number of hydrogen-bond donors (Lipinski definition) is 0. The minimum atomic E-state index is -4.02. The Balaban J connectivity index is 2.05. The number of sulfonamides is 1. The van der Waals surface area contributed by atoms with Crippen LogP contribution in [-0.2, 0) is 21.2 Å². The quantitative estimate of drug-likeness (QED) is 0.665. The average Bonchev–Trinajstić information content (AvgIpc) is 2.64. The molecular weight excluding hydrogens is 358 g/mol. The Hall–Kier alpha value is -2.92. The lowest BCUT2D eigenvalue weighted by Crippen LogP contribution is -2.38. The van der Waals surface area contributed by atoms with Gasteiger partial charge >= 0.3 is 0 Å². The number of benzene rings is 3. The lowest BCUT2D eigenvalue weighted by Gasteiger charge is -2.23. The second kappa shape index (κ2) is 7.76. The number of rotatable bonds is 5. The fourth-order valence-corrected chi connectivity index (χ4v) is 4.18. The molecule has 0 aliphatic heterocycles. The van der Waals surface area contributed by atoms with Gasteiger partial charge in [0.05, 0.1) is 17.0 Å². The Bertz CT molecular complexity index is 1030. The first kappa shape index (κ1) is 18.9. The highest BCUT2D eigenvalue weighted by molar-refractivity contribution is 7.93. The van der Waals surface area contributed by atoms with E-state index in [1.54, 1.807) is 36.4 Å². The first-order chi connectivity index (χ1) is 12.9. The number of amides is 1. The van der Waals surface area contributed by atoms with E-state index in [9.17, 15) is 13.2 Å². The molecule has 3 aromatic carbocycles. The van der Waals surface area contributed by atoms with Crippen LogP contribution in [0, 0.1) is 13.8 Å². The number of hydrogen-bond acceptors (Lipinski definition) is 3. The summed E-state index contributed by atoms with van der Waals surface area (Å²) in [6.07, 6.45) is -0.000191. The highest BCUT2D eigenvalue weighted by Gasteiger charge is 2.30. The molecule has 0 fully saturated rings. The van der Waals surface area contributed by atoms with Gasteiger partial charge in [-0.15, -0.1) is 0 Å². The molecule has 0 heterocycles. The molecule has 0 N–H and O–H groups in total. The van der Waals surface area contributed by atoms with E-state index in [2.05, 4.69) is 0 Å². The van der Waals surface area contributed by atoms with Gasteiger partial charge in [-0.25, -0.2) is 12.7 Å². The average molecular weight is 379 g/mol. The van der Waals surface area contributed by atoms with E-state index in [4.69, 9.17) is 0 Å². The summed E-state index contributed by atoms with van der Waals surface area (Å²) in [7, 11) is -4.02. The highest BCUT2D eigenvalue weighted by atomic mass is 32.2. The predicted molar refractivity (Wildman–Crippen MR) is 107 cm³/mol. The first-order valence-corrected chi connectivity index (χ1v) is 10.1. The van der Waals surface area contributed by atoms with Crippen LogP contribution >= 0.6 is 0 Å². The van der Waals surface area contributed by atoms with Gasteiger partial charge < -0.3 is 0 Å². The molecule has 3 aromatic rings. The van der Waals surface area contributed by atoms with Gasteiger partial charge in [0.25, 0.3) is 10.0 Å². The van der Waals surface area contributed by atoms with E-state index >= 15 is 0 Å². The molecule has 0 bridgehead atoms. The summed E-state index contributed by atoms with van der Waals surface area (Å²) >= 11 is 0. The summed E-state index contributed by atoms with van der Waals surface area (Å²) in [6.45, 7) is 3.79. The molecule has 0 saturated carbocycles. The summed E-state index contributed by atoms with van der Waals surface area (Å²) in [5.41, 5.74) is 3.04. The minimum Gasteiger partial charge on any atom is -0.273 e. The van der Waals surface area contributed by atoms with Crippen molar-refractivity contribution in [1.29, 1.82) is 0 Å². The van der Waals surface area contributed by atoms with Crippen LogP contribution in [0.4, 0.5) is 5.69 Å². The summed E-state index contributed by atoms with van der Waals surface area (Å²) in [4.78, 5) is 13.1. The lowest BCUT2D eigenvalue weighted by atomic mass is 10.1. The third-order valence-electron chi connectivity index (χ3n) is 4.25. The Kier molecular flexibility index (Phi) is 5.42. The molecule has 5 heteroatoms. The van der Waals surface area contributed by atoms with Crippen LogP contribution in [-0.4, -0.2) is 14.3 Å². The molecule has 0 spiro atoms. The van der Waals surface area contributed by atoms with Crippen molar-refractivity contribution in [1.82, 2.24) is 0 Å². The second-order valence-electron chi connectivity index (χ2n) is 6.47. The number of nitrogens with zero attached hydrogens (tertiary/aromatic N) is 1. The summed E-state index contributed by atoms with van der Waals surface area (Å²) in [5.74, 6) is -0.495. The summed E-state index contributed by atoms with van der Waals surface area (Å²) in [5, 5.41) is 0. The Morgan fingerprint density at radius 1 is 0.778 bits per heavy atom. The third-order valence-corrected chi connectivity index (χ3v) is 6.02. The molecule has 0 saturated heterocycles.